The third kappa shape index (κ3) is 2.39. The molecular formula is C10H15N5O. The molecule has 0 bridgehead atoms. The Morgan fingerprint density at radius 1 is 1.50 bits per heavy atom. The van der Waals surface area contributed by atoms with Gasteiger partial charge < -0.3 is 14.4 Å². The number of aromatic nitrogens is 4. The zero-order chi connectivity index (χ0) is 11.4. The summed E-state index contributed by atoms with van der Waals surface area (Å²) in [6.45, 7) is 5.53. The van der Waals surface area contributed by atoms with Gasteiger partial charge in [0, 0.05) is 31.9 Å². The number of nitrogens with one attached hydrogen (secondary N) is 1. The number of hydrogen-bond acceptors (Lipinski definition) is 5. The SMILES string of the molecule is CCn1ccnc1NCCc1nc(C)no1. The molecule has 0 saturated heterocycles. The molecule has 0 atom stereocenters. The van der Waals surface area contributed by atoms with Crippen molar-refractivity contribution in [3.05, 3.63) is 24.1 Å². The van der Waals surface area contributed by atoms with Crippen molar-refractivity contribution in [3.63, 3.8) is 0 Å². The molecule has 2 aromatic rings. The van der Waals surface area contributed by atoms with Crippen LogP contribution in [-0.2, 0) is 13.0 Å². The molecule has 0 aromatic carbocycles. The molecule has 1 N–H and O–H groups in total. The van der Waals surface area contributed by atoms with E-state index < -0.39 is 0 Å². The topological polar surface area (TPSA) is 68.8 Å². The molecule has 6 nitrogen and oxygen atoms in total. The standard InChI is InChI=1S/C10H15N5O/c1-3-15-7-6-12-10(15)11-5-4-9-13-8(2)14-16-9/h6-7H,3-5H2,1-2H3,(H,11,12). The fourth-order valence-electron chi connectivity index (χ4n) is 1.45. The predicted octanol–water partition coefficient (Wildman–Crippen LogP) is 1.25. The van der Waals surface area contributed by atoms with Crippen molar-refractivity contribution >= 4 is 5.95 Å². The molecular weight excluding hydrogens is 206 g/mol. The summed E-state index contributed by atoms with van der Waals surface area (Å²) in [7, 11) is 0. The van der Waals surface area contributed by atoms with Crippen LogP contribution in [0.1, 0.15) is 18.6 Å². The van der Waals surface area contributed by atoms with Crippen molar-refractivity contribution < 1.29 is 4.52 Å². The summed E-state index contributed by atoms with van der Waals surface area (Å²) in [6, 6.07) is 0. The summed E-state index contributed by atoms with van der Waals surface area (Å²) in [5.41, 5.74) is 0. The Bertz CT molecular complexity index is 448. The Morgan fingerprint density at radius 2 is 2.38 bits per heavy atom. The van der Waals surface area contributed by atoms with Crippen LogP contribution in [0.4, 0.5) is 5.95 Å². The van der Waals surface area contributed by atoms with Gasteiger partial charge in [0.2, 0.25) is 11.8 Å². The minimum atomic E-state index is 0.652. The number of anilines is 1. The van der Waals surface area contributed by atoms with Crippen molar-refractivity contribution in [2.24, 2.45) is 0 Å². The minimum Gasteiger partial charge on any atom is -0.355 e. The second-order valence-corrected chi connectivity index (χ2v) is 3.45. The lowest BCUT2D eigenvalue weighted by atomic mass is 10.4. The first-order valence-corrected chi connectivity index (χ1v) is 5.33. The fraction of sp³-hybridized carbons (Fsp3) is 0.500. The minimum absolute atomic E-state index is 0.652. The molecule has 0 saturated carbocycles. The molecule has 2 heterocycles. The molecule has 0 radical (unpaired) electrons. The molecule has 0 amide bonds. The molecule has 0 aliphatic heterocycles. The zero-order valence-electron chi connectivity index (χ0n) is 9.47. The van der Waals surface area contributed by atoms with Gasteiger partial charge in [-0.3, -0.25) is 0 Å². The Hall–Kier alpha value is -1.85. The van der Waals surface area contributed by atoms with Gasteiger partial charge in [0.1, 0.15) is 0 Å². The van der Waals surface area contributed by atoms with Crippen LogP contribution >= 0.6 is 0 Å². The van der Waals surface area contributed by atoms with Crippen LogP contribution < -0.4 is 5.32 Å². The van der Waals surface area contributed by atoms with E-state index in [-0.39, 0.29) is 0 Å². The number of nitrogens with zero attached hydrogens (tertiary/aromatic N) is 4. The summed E-state index contributed by atoms with van der Waals surface area (Å²) in [5.74, 6) is 2.20. The number of imidazole rings is 1. The average Bonchev–Trinajstić information content (AvgIpc) is 2.87. The Kier molecular flexibility index (Phi) is 3.19. The van der Waals surface area contributed by atoms with Gasteiger partial charge in [-0.05, 0) is 13.8 Å². The maximum atomic E-state index is 5.01. The average molecular weight is 221 g/mol. The second-order valence-electron chi connectivity index (χ2n) is 3.45. The lowest BCUT2D eigenvalue weighted by Crippen LogP contribution is -2.10. The van der Waals surface area contributed by atoms with Crippen molar-refractivity contribution in [1.82, 2.24) is 19.7 Å². The predicted molar refractivity (Wildman–Crippen MR) is 59.1 cm³/mol. The van der Waals surface area contributed by atoms with Gasteiger partial charge in [-0.15, -0.1) is 0 Å². The Labute approximate surface area is 93.7 Å². The van der Waals surface area contributed by atoms with Gasteiger partial charge >= 0.3 is 0 Å². The van der Waals surface area contributed by atoms with Crippen molar-refractivity contribution in [3.8, 4) is 0 Å². The molecule has 6 heteroatoms. The van der Waals surface area contributed by atoms with Gasteiger partial charge in [0.15, 0.2) is 5.82 Å². The molecule has 0 fully saturated rings. The first-order chi connectivity index (χ1) is 7.79. The van der Waals surface area contributed by atoms with E-state index in [2.05, 4.69) is 27.4 Å². The Morgan fingerprint density at radius 3 is 3.06 bits per heavy atom. The lowest BCUT2D eigenvalue weighted by Gasteiger charge is -2.05. The molecule has 0 aliphatic carbocycles. The second kappa shape index (κ2) is 4.78. The molecule has 0 unspecified atom stereocenters. The molecule has 0 spiro atoms. The van der Waals surface area contributed by atoms with E-state index in [0.717, 1.165) is 19.0 Å². The summed E-state index contributed by atoms with van der Waals surface area (Å²) >= 11 is 0. The van der Waals surface area contributed by atoms with E-state index in [0.29, 0.717) is 18.1 Å². The highest BCUT2D eigenvalue weighted by atomic mass is 16.5. The van der Waals surface area contributed by atoms with Crippen LogP contribution in [0.3, 0.4) is 0 Å². The largest absolute Gasteiger partial charge is 0.355 e. The first kappa shape index (κ1) is 10.7. The van der Waals surface area contributed by atoms with E-state index >= 15 is 0 Å². The van der Waals surface area contributed by atoms with Gasteiger partial charge in [-0.1, -0.05) is 5.16 Å². The molecule has 2 rings (SSSR count). The van der Waals surface area contributed by atoms with Crippen LogP contribution in [-0.4, -0.2) is 26.2 Å². The van der Waals surface area contributed by atoms with E-state index in [4.69, 9.17) is 4.52 Å². The molecule has 0 aliphatic rings. The van der Waals surface area contributed by atoms with Crippen LogP contribution in [0.15, 0.2) is 16.9 Å². The van der Waals surface area contributed by atoms with E-state index in [1.165, 1.54) is 0 Å². The third-order valence-electron chi connectivity index (χ3n) is 2.25. The maximum Gasteiger partial charge on any atom is 0.228 e. The van der Waals surface area contributed by atoms with E-state index in [9.17, 15) is 0 Å². The first-order valence-electron chi connectivity index (χ1n) is 5.33. The van der Waals surface area contributed by atoms with Crippen LogP contribution in [0.2, 0.25) is 0 Å². The summed E-state index contributed by atoms with van der Waals surface area (Å²) in [6.07, 6.45) is 4.43. The number of rotatable bonds is 5. The van der Waals surface area contributed by atoms with Gasteiger partial charge in [-0.25, -0.2) is 4.98 Å². The lowest BCUT2D eigenvalue weighted by molar-refractivity contribution is 0.377. The molecule has 86 valence electrons. The van der Waals surface area contributed by atoms with E-state index in [1.54, 1.807) is 6.20 Å². The normalized spacial score (nSPS) is 10.6. The number of hydrogen-bond donors (Lipinski definition) is 1. The van der Waals surface area contributed by atoms with Crippen molar-refractivity contribution in [1.29, 1.82) is 0 Å². The quantitative estimate of drug-likeness (QED) is 0.822. The van der Waals surface area contributed by atoms with Crippen molar-refractivity contribution in [2.45, 2.75) is 26.8 Å². The summed E-state index contributed by atoms with van der Waals surface area (Å²) < 4.78 is 7.05. The fourth-order valence-corrected chi connectivity index (χ4v) is 1.45. The highest BCUT2D eigenvalue weighted by molar-refractivity contribution is 5.25. The van der Waals surface area contributed by atoms with Gasteiger partial charge in [0.25, 0.3) is 0 Å². The van der Waals surface area contributed by atoms with Gasteiger partial charge in [-0.2, -0.15) is 4.98 Å². The number of aryl methyl sites for hydroxylation is 2. The third-order valence-corrected chi connectivity index (χ3v) is 2.25. The maximum absolute atomic E-state index is 5.01. The highest BCUT2D eigenvalue weighted by Crippen LogP contribution is 2.04. The zero-order valence-corrected chi connectivity index (χ0v) is 9.47. The highest BCUT2D eigenvalue weighted by Gasteiger charge is 2.03. The van der Waals surface area contributed by atoms with Crippen LogP contribution in [0, 0.1) is 6.92 Å². The monoisotopic (exact) mass is 221 g/mol. The van der Waals surface area contributed by atoms with Crippen LogP contribution in [0.5, 0.6) is 0 Å². The van der Waals surface area contributed by atoms with Gasteiger partial charge in [0.05, 0.1) is 0 Å². The Balaban J connectivity index is 1.84. The van der Waals surface area contributed by atoms with Crippen molar-refractivity contribution in [2.75, 3.05) is 11.9 Å². The van der Waals surface area contributed by atoms with E-state index in [1.807, 2.05) is 17.7 Å². The summed E-state index contributed by atoms with van der Waals surface area (Å²) in [5, 5.41) is 6.96. The molecule has 2 aromatic heterocycles. The smallest absolute Gasteiger partial charge is 0.228 e. The summed E-state index contributed by atoms with van der Waals surface area (Å²) in [4.78, 5) is 8.34. The molecule has 16 heavy (non-hydrogen) atoms. The van der Waals surface area contributed by atoms with Crippen LogP contribution in [0.25, 0.3) is 0 Å².